The summed E-state index contributed by atoms with van der Waals surface area (Å²) < 4.78 is 31.4. The van der Waals surface area contributed by atoms with Crippen LogP contribution in [0.15, 0.2) is 180 Å². The van der Waals surface area contributed by atoms with Gasteiger partial charge in [0.25, 0.3) is 10.0 Å². The lowest BCUT2D eigenvalue weighted by atomic mass is 9.89. The first-order valence-corrected chi connectivity index (χ1v) is 23.8. The van der Waals surface area contributed by atoms with Crippen LogP contribution in [0.4, 0.5) is 34.1 Å². The van der Waals surface area contributed by atoms with Gasteiger partial charge in [0.15, 0.2) is 0 Å². The molecule has 6 aromatic carbocycles. The first kappa shape index (κ1) is 41.9. The van der Waals surface area contributed by atoms with Crippen molar-refractivity contribution in [3.63, 3.8) is 0 Å². The third-order valence-corrected chi connectivity index (χ3v) is 14.0. The Hall–Kier alpha value is -5.85. The van der Waals surface area contributed by atoms with Crippen LogP contribution >= 0.6 is 0 Å². The van der Waals surface area contributed by atoms with Gasteiger partial charge in [-0.3, -0.25) is 4.31 Å². The molecule has 0 saturated heterocycles. The molecule has 6 aromatic rings. The van der Waals surface area contributed by atoms with Gasteiger partial charge in [-0.15, -0.1) is 0 Å². The zero-order valence-corrected chi connectivity index (χ0v) is 36.8. The maximum Gasteiger partial charge on any atom is 0.264 e. The molecule has 0 saturated carbocycles. The Kier molecular flexibility index (Phi) is 13.2. The smallest absolute Gasteiger partial charge is 0.264 e. The molecule has 2 unspecified atom stereocenters. The fourth-order valence-corrected chi connectivity index (χ4v) is 10.6. The molecular weight excluding hydrogens is 767 g/mol. The second kappa shape index (κ2) is 19.2. The summed E-state index contributed by atoms with van der Waals surface area (Å²) in [5, 5.41) is 0. The second-order valence-electron chi connectivity index (χ2n) is 16.6. The van der Waals surface area contributed by atoms with Crippen molar-refractivity contribution in [2.45, 2.75) is 102 Å². The number of fused-ring (bicyclic) bond motifs is 3. The van der Waals surface area contributed by atoms with Gasteiger partial charge in [-0.1, -0.05) is 143 Å². The molecule has 0 radical (unpaired) electrons. The van der Waals surface area contributed by atoms with E-state index in [2.05, 4.69) is 157 Å². The first-order chi connectivity index (χ1) is 29.9. The monoisotopic (exact) mass is 825 g/mol. The van der Waals surface area contributed by atoms with E-state index >= 15 is 0 Å². The number of benzene rings is 6. The van der Waals surface area contributed by atoms with Crippen LogP contribution in [0.2, 0.25) is 0 Å². The number of nitrogens with zero attached hydrogens (tertiary/aromatic N) is 3. The number of hydrogen-bond donors (Lipinski definition) is 0. The van der Waals surface area contributed by atoms with Gasteiger partial charge in [0.2, 0.25) is 0 Å². The fourth-order valence-electron chi connectivity index (χ4n) is 8.99. The molecular formula is C55H59N3O2S. The van der Waals surface area contributed by atoms with E-state index in [-0.39, 0.29) is 5.92 Å². The molecule has 61 heavy (non-hydrogen) atoms. The molecule has 0 aromatic heterocycles. The largest absolute Gasteiger partial charge is 0.311 e. The average Bonchev–Trinajstić information content (AvgIpc) is 3.62. The number of sulfonamides is 1. The van der Waals surface area contributed by atoms with Crippen molar-refractivity contribution in [3.8, 4) is 0 Å². The number of rotatable bonds is 18. The van der Waals surface area contributed by atoms with Gasteiger partial charge in [0, 0.05) is 40.1 Å². The standard InChI is InChI=1S/C55H59N3O2S/c1-4-6-8-12-20-43-22-18-28-47(38-43)56(45-24-14-10-15-25-45)49-32-36-54-52(40-49)53-41-50(33-37-55(53)58(54)61(59,60)51-34-30-42(3)31-35-51)57(46-26-16-11-17-27-46)48-29-19-23-44(39-48)21-13-9-7-5-2/h10-11,14-19,22-41,52,54H,4-9,12-13,20-21H2,1-3H3. The number of para-hydroxylation sites is 2. The number of unbranched alkanes of at least 4 members (excludes halogenated alkanes) is 6. The van der Waals surface area contributed by atoms with Crippen molar-refractivity contribution < 1.29 is 8.42 Å². The predicted octanol–water partition coefficient (Wildman–Crippen LogP) is 14.7. The van der Waals surface area contributed by atoms with Crippen LogP contribution in [-0.4, -0.2) is 14.5 Å². The summed E-state index contributed by atoms with van der Waals surface area (Å²) in [4.78, 5) is 4.93. The molecule has 0 N–H and O–H groups in total. The highest BCUT2D eigenvalue weighted by Crippen LogP contribution is 2.50. The van der Waals surface area contributed by atoms with Gasteiger partial charge in [0.05, 0.1) is 16.6 Å². The fraction of sp³-hybridized carbons (Fsp3) is 0.273. The lowest BCUT2D eigenvalue weighted by Gasteiger charge is -2.33. The predicted molar refractivity (Wildman–Crippen MR) is 256 cm³/mol. The van der Waals surface area contributed by atoms with Crippen LogP contribution in [0.3, 0.4) is 0 Å². The Morgan fingerprint density at radius 3 is 1.67 bits per heavy atom. The summed E-state index contributed by atoms with van der Waals surface area (Å²) in [5.74, 6) is -0.249. The minimum atomic E-state index is -3.93. The Morgan fingerprint density at radius 1 is 0.541 bits per heavy atom. The Bertz CT molecular complexity index is 2570. The van der Waals surface area contributed by atoms with Crippen LogP contribution in [0.1, 0.15) is 93.4 Å². The molecule has 0 amide bonds. The molecule has 2 atom stereocenters. The van der Waals surface area contributed by atoms with Crippen molar-refractivity contribution in [2.24, 2.45) is 0 Å². The highest BCUT2D eigenvalue weighted by Gasteiger charge is 2.45. The maximum atomic E-state index is 14.9. The Morgan fingerprint density at radius 2 is 1.08 bits per heavy atom. The molecule has 0 fully saturated rings. The number of aryl methyl sites for hydroxylation is 3. The molecule has 8 rings (SSSR count). The van der Waals surface area contributed by atoms with Gasteiger partial charge in [-0.05, 0) is 134 Å². The molecule has 1 aliphatic carbocycles. The van der Waals surface area contributed by atoms with Gasteiger partial charge in [0.1, 0.15) is 0 Å². The van der Waals surface area contributed by atoms with Gasteiger partial charge < -0.3 is 9.80 Å². The molecule has 0 spiro atoms. The summed E-state index contributed by atoms with van der Waals surface area (Å²) in [5.41, 5.74) is 11.6. The van der Waals surface area contributed by atoms with E-state index in [0.29, 0.717) is 10.6 Å². The normalized spacial score (nSPS) is 15.6. The summed E-state index contributed by atoms with van der Waals surface area (Å²) >= 11 is 0. The van der Waals surface area contributed by atoms with Crippen LogP contribution in [0, 0.1) is 6.92 Å². The third-order valence-electron chi connectivity index (χ3n) is 12.2. The van der Waals surface area contributed by atoms with Gasteiger partial charge in [-0.2, -0.15) is 0 Å². The number of anilines is 6. The zero-order valence-electron chi connectivity index (χ0n) is 36.0. The SMILES string of the molecule is CCCCCCc1cccc(N(C2=CC3c4cc(N(c5ccccc5)c5cccc(CCCCCC)c5)ccc4N(S(=O)(=O)c4ccc(C)cc4)C3C=C2)c2ccccc2)c1. The van der Waals surface area contributed by atoms with Gasteiger partial charge >= 0.3 is 0 Å². The average molecular weight is 826 g/mol. The van der Waals surface area contributed by atoms with Crippen molar-refractivity contribution in [1.29, 1.82) is 0 Å². The van der Waals surface area contributed by atoms with E-state index in [1.807, 2.05) is 31.2 Å². The number of allylic oxidation sites excluding steroid dienone is 1. The van der Waals surface area contributed by atoms with E-state index in [4.69, 9.17) is 0 Å². The number of hydrogen-bond acceptors (Lipinski definition) is 4. The van der Waals surface area contributed by atoms with Crippen molar-refractivity contribution in [2.75, 3.05) is 14.1 Å². The van der Waals surface area contributed by atoms with Crippen molar-refractivity contribution in [1.82, 2.24) is 0 Å². The Balaban J connectivity index is 1.25. The topological polar surface area (TPSA) is 43.9 Å². The van der Waals surface area contributed by atoms with E-state index in [9.17, 15) is 8.42 Å². The zero-order chi connectivity index (χ0) is 42.2. The van der Waals surface area contributed by atoms with Crippen LogP contribution < -0.4 is 14.1 Å². The third kappa shape index (κ3) is 9.25. The Labute approximate surface area is 364 Å². The maximum absolute atomic E-state index is 14.9. The molecule has 312 valence electrons. The quantitative estimate of drug-likeness (QED) is 0.0810. The summed E-state index contributed by atoms with van der Waals surface area (Å²) in [6.45, 7) is 6.49. The molecule has 1 heterocycles. The van der Waals surface area contributed by atoms with E-state index < -0.39 is 16.1 Å². The van der Waals surface area contributed by atoms with Crippen molar-refractivity contribution >= 4 is 44.1 Å². The summed E-state index contributed by atoms with van der Waals surface area (Å²) in [6, 6.07) is 52.0. The van der Waals surface area contributed by atoms with Crippen molar-refractivity contribution in [3.05, 3.63) is 198 Å². The van der Waals surface area contributed by atoms with Crippen LogP contribution in [0.25, 0.3) is 0 Å². The summed E-state index contributed by atoms with van der Waals surface area (Å²) in [6.07, 6.45) is 18.3. The minimum Gasteiger partial charge on any atom is -0.311 e. The summed E-state index contributed by atoms with van der Waals surface area (Å²) in [7, 11) is -3.93. The lowest BCUT2D eigenvalue weighted by molar-refractivity contribution is 0.584. The molecule has 2 aliphatic rings. The molecule has 0 bridgehead atoms. The molecule has 6 heteroatoms. The van der Waals surface area contributed by atoms with Gasteiger partial charge in [-0.25, -0.2) is 8.42 Å². The van der Waals surface area contributed by atoms with Crippen LogP contribution in [-0.2, 0) is 22.9 Å². The lowest BCUT2D eigenvalue weighted by Crippen LogP contribution is -2.39. The highest BCUT2D eigenvalue weighted by molar-refractivity contribution is 7.93. The molecule has 1 aliphatic heterocycles. The van der Waals surface area contributed by atoms with E-state index in [0.717, 1.165) is 58.1 Å². The first-order valence-electron chi connectivity index (χ1n) is 22.4. The second-order valence-corrected chi connectivity index (χ2v) is 18.4. The molecule has 5 nitrogen and oxygen atoms in total. The minimum absolute atomic E-state index is 0.249. The van der Waals surface area contributed by atoms with Crippen LogP contribution in [0.5, 0.6) is 0 Å². The van der Waals surface area contributed by atoms with E-state index in [1.165, 1.54) is 62.5 Å². The van der Waals surface area contributed by atoms with E-state index in [1.54, 1.807) is 16.4 Å². The highest BCUT2D eigenvalue weighted by atomic mass is 32.2.